The standard InChI is InChI=1S/C40H51NO6Si2/c1-29(42)41-35-36(43)37(47-49(40(5,6)7,32-24-16-10-17-25-32)33-26-18-11-19-27-33)34(46-38(35)44)28-45-48(39(2,3)4,30-20-12-8-13-21-30)31-22-14-9-15-23-31/h8-27,34-38,43-44H,28H2,1-7H3,(H,41,42)/t34-,35-,36-,37-,38-/m1/s1. The smallest absolute Gasteiger partial charge is 0.261 e. The molecule has 1 heterocycles. The van der Waals surface area contributed by atoms with Gasteiger partial charge in [-0.3, -0.25) is 4.79 Å². The molecule has 260 valence electrons. The number of carbonyl (C=O) groups is 1. The van der Waals surface area contributed by atoms with Crippen molar-refractivity contribution >= 4 is 43.3 Å². The zero-order valence-corrected chi connectivity index (χ0v) is 31.7. The van der Waals surface area contributed by atoms with Gasteiger partial charge < -0.3 is 29.1 Å². The SMILES string of the molecule is CC(=O)N[C@@H]1[C@@H](O)[C@H](O[Si](c2ccccc2)(c2ccccc2)C(C)(C)C)[C@@H](CO[Si](c2ccccc2)(c2ccccc2)C(C)(C)C)O[C@H]1O. The Hall–Kier alpha value is -3.42. The Kier molecular flexibility index (Phi) is 11.1. The summed E-state index contributed by atoms with van der Waals surface area (Å²) in [6, 6.07) is 39.9. The molecule has 1 saturated heterocycles. The fourth-order valence-electron chi connectivity index (χ4n) is 7.47. The first-order valence-electron chi connectivity index (χ1n) is 17.0. The van der Waals surface area contributed by atoms with Gasteiger partial charge in [0.25, 0.3) is 16.6 Å². The number of hydrogen-bond acceptors (Lipinski definition) is 6. The number of hydrogen-bond donors (Lipinski definition) is 3. The third-order valence-corrected chi connectivity index (χ3v) is 19.7. The molecule has 4 aromatic rings. The largest absolute Gasteiger partial charge is 0.405 e. The van der Waals surface area contributed by atoms with E-state index in [1.165, 1.54) is 6.92 Å². The predicted octanol–water partition coefficient (Wildman–Crippen LogP) is 4.09. The van der Waals surface area contributed by atoms with Gasteiger partial charge in [-0.15, -0.1) is 0 Å². The van der Waals surface area contributed by atoms with E-state index in [-0.39, 0.29) is 11.6 Å². The topological polar surface area (TPSA) is 97.3 Å². The molecule has 5 atom stereocenters. The quantitative estimate of drug-likeness (QED) is 0.216. The molecule has 0 spiro atoms. The normalized spacial score (nSPS) is 22.0. The maximum Gasteiger partial charge on any atom is 0.261 e. The Morgan fingerprint density at radius 3 is 1.39 bits per heavy atom. The average Bonchev–Trinajstić information content (AvgIpc) is 3.07. The van der Waals surface area contributed by atoms with Crippen molar-refractivity contribution in [2.24, 2.45) is 0 Å². The van der Waals surface area contributed by atoms with Gasteiger partial charge in [0.2, 0.25) is 5.91 Å². The molecule has 4 aromatic carbocycles. The number of benzene rings is 4. The van der Waals surface area contributed by atoms with Crippen LogP contribution in [0.1, 0.15) is 48.5 Å². The summed E-state index contributed by atoms with van der Waals surface area (Å²) in [5.41, 5.74) is 0. The minimum absolute atomic E-state index is 0.0388. The highest BCUT2D eigenvalue weighted by Gasteiger charge is 2.57. The zero-order chi connectivity index (χ0) is 35.5. The van der Waals surface area contributed by atoms with Gasteiger partial charge in [0, 0.05) is 6.92 Å². The Balaban J connectivity index is 1.66. The van der Waals surface area contributed by atoms with Gasteiger partial charge in [-0.25, -0.2) is 0 Å². The van der Waals surface area contributed by atoms with Crippen LogP contribution in [0.5, 0.6) is 0 Å². The minimum Gasteiger partial charge on any atom is -0.405 e. The first-order valence-corrected chi connectivity index (χ1v) is 20.9. The predicted molar refractivity (Wildman–Crippen MR) is 201 cm³/mol. The Labute approximate surface area is 293 Å². The number of aliphatic hydroxyl groups excluding tert-OH is 2. The van der Waals surface area contributed by atoms with E-state index < -0.39 is 58.2 Å². The van der Waals surface area contributed by atoms with Crippen molar-refractivity contribution in [2.45, 2.75) is 89.2 Å². The Morgan fingerprint density at radius 2 is 1.04 bits per heavy atom. The molecule has 49 heavy (non-hydrogen) atoms. The van der Waals surface area contributed by atoms with Crippen LogP contribution in [0.3, 0.4) is 0 Å². The van der Waals surface area contributed by atoms with Gasteiger partial charge in [0.1, 0.15) is 24.4 Å². The van der Waals surface area contributed by atoms with E-state index in [0.29, 0.717) is 0 Å². The van der Waals surface area contributed by atoms with Crippen molar-refractivity contribution in [3.8, 4) is 0 Å². The fourth-order valence-corrected chi connectivity index (χ4v) is 16.8. The number of ether oxygens (including phenoxy) is 1. The summed E-state index contributed by atoms with van der Waals surface area (Å²) in [6.07, 6.45) is -4.63. The third kappa shape index (κ3) is 7.25. The molecule has 1 amide bonds. The monoisotopic (exact) mass is 697 g/mol. The molecule has 1 fully saturated rings. The summed E-state index contributed by atoms with van der Waals surface area (Å²) in [6.45, 7) is 14.5. The lowest BCUT2D eigenvalue weighted by Gasteiger charge is -2.51. The molecule has 0 radical (unpaired) electrons. The molecule has 3 N–H and O–H groups in total. The summed E-state index contributed by atoms with van der Waals surface area (Å²) in [5, 5.41) is 29.8. The van der Waals surface area contributed by atoms with Crippen LogP contribution in [0.4, 0.5) is 0 Å². The van der Waals surface area contributed by atoms with Crippen LogP contribution in [-0.4, -0.2) is 70.0 Å². The molecule has 0 unspecified atom stereocenters. The van der Waals surface area contributed by atoms with Crippen molar-refractivity contribution in [1.29, 1.82) is 0 Å². The summed E-state index contributed by atoms with van der Waals surface area (Å²) >= 11 is 0. The van der Waals surface area contributed by atoms with Gasteiger partial charge in [-0.1, -0.05) is 163 Å². The second-order valence-electron chi connectivity index (χ2n) is 15.0. The van der Waals surface area contributed by atoms with Gasteiger partial charge in [0.05, 0.1) is 6.61 Å². The van der Waals surface area contributed by atoms with Crippen LogP contribution in [-0.2, 0) is 18.4 Å². The molecular formula is C40H51NO6Si2. The van der Waals surface area contributed by atoms with Crippen LogP contribution in [0, 0.1) is 0 Å². The van der Waals surface area contributed by atoms with Gasteiger partial charge in [-0.2, -0.15) is 0 Å². The lowest BCUT2D eigenvalue weighted by Crippen LogP contribution is -2.73. The second kappa shape index (κ2) is 14.8. The molecule has 1 aliphatic heterocycles. The second-order valence-corrected chi connectivity index (χ2v) is 23.6. The Morgan fingerprint density at radius 1 is 0.673 bits per heavy atom. The lowest BCUT2D eigenvalue weighted by molar-refractivity contribution is -0.249. The molecule has 1 aliphatic rings. The van der Waals surface area contributed by atoms with E-state index in [2.05, 4.69) is 95.4 Å². The van der Waals surface area contributed by atoms with E-state index in [1.807, 2.05) is 72.8 Å². The van der Waals surface area contributed by atoms with Gasteiger partial charge >= 0.3 is 0 Å². The van der Waals surface area contributed by atoms with Crippen LogP contribution < -0.4 is 26.1 Å². The highest BCUT2D eigenvalue weighted by atomic mass is 28.4. The summed E-state index contributed by atoms with van der Waals surface area (Å²) in [4.78, 5) is 12.3. The number of amides is 1. The van der Waals surface area contributed by atoms with Crippen LogP contribution in [0.25, 0.3) is 0 Å². The molecule has 9 heteroatoms. The van der Waals surface area contributed by atoms with Crippen molar-refractivity contribution in [3.05, 3.63) is 121 Å². The maximum atomic E-state index is 12.3. The van der Waals surface area contributed by atoms with E-state index in [1.54, 1.807) is 0 Å². The maximum absolute atomic E-state index is 12.3. The van der Waals surface area contributed by atoms with Crippen molar-refractivity contribution in [3.63, 3.8) is 0 Å². The third-order valence-electron chi connectivity index (χ3n) is 9.67. The molecule has 5 rings (SSSR count). The van der Waals surface area contributed by atoms with Crippen molar-refractivity contribution in [2.75, 3.05) is 6.61 Å². The Bertz CT molecular complexity index is 1570. The number of nitrogens with one attached hydrogen (secondary N) is 1. The van der Waals surface area contributed by atoms with Crippen LogP contribution >= 0.6 is 0 Å². The van der Waals surface area contributed by atoms with E-state index >= 15 is 0 Å². The van der Waals surface area contributed by atoms with Crippen molar-refractivity contribution in [1.82, 2.24) is 5.32 Å². The lowest BCUT2D eigenvalue weighted by atomic mass is 9.97. The highest BCUT2D eigenvalue weighted by molar-refractivity contribution is 7.00. The molecule has 7 nitrogen and oxygen atoms in total. The molecule has 0 aliphatic carbocycles. The minimum atomic E-state index is -3.23. The summed E-state index contributed by atoms with van der Waals surface area (Å²) in [5.74, 6) is -0.391. The molecular weight excluding hydrogens is 647 g/mol. The van der Waals surface area contributed by atoms with Crippen LogP contribution in [0.15, 0.2) is 121 Å². The number of aliphatic hydroxyl groups is 2. The number of carbonyl (C=O) groups excluding carboxylic acids is 1. The summed E-state index contributed by atoms with van der Waals surface area (Å²) in [7, 11) is -6.26. The van der Waals surface area contributed by atoms with E-state index in [4.69, 9.17) is 13.6 Å². The summed E-state index contributed by atoms with van der Waals surface area (Å²) < 4.78 is 21.2. The molecule has 0 bridgehead atoms. The average molecular weight is 698 g/mol. The fraction of sp³-hybridized carbons (Fsp3) is 0.375. The number of rotatable bonds is 10. The first kappa shape index (κ1) is 36.9. The molecule has 0 saturated carbocycles. The highest BCUT2D eigenvalue weighted by Crippen LogP contribution is 2.41. The van der Waals surface area contributed by atoms with Crippen LogP contribution in [0.2, 0.25) is 10.1 Å². The van der Waals surface area contributed by atoms with Gasteiger partial charge in [0.15, 0.2) is 6.29 Å². The van der Waals surface area contributed by atoms with E-state index in [9.17, 15) is 15.0 Å². The molecule has 0 aromatic heterocycles. The van der Waals surface area contributed by atoms with E-state index in [0.717, 1.165) is 20.7 Å². The zero-order valence-electron chi connectivity index (χ0n) is 29.7. The first-order chi connectivity index (χ1) is 23.2. The van der Waals surface area contributed by atoms with Gasteiger partial charge in [-0.05, 0) is 30.8 Å². The van der Waals surface area contributed by atoms with Crippen molar-refractivity contribution < 1.29 is 28.6 Å².